The summed E-state index contributed by atoms with van der Waals surface area (Å²) in [7, 11) is 1.54. The maximum atomic E-state index is 11.3. The molecule has 2 aromatic carbocycles. The normalized spacial score (nSPS) is 10.3. The van der Waals surface area contributed by atoms with Crippen LogP contribution in [0.25, 0.3) is 10.8 Å². The van der Waals surface area contributed by atoms with E-state index in [-0.39, 0.29) is 5.97 Å². The van der Waals surface area contributed by atoms with Gasteiger partial charge in [-0.3, -0.25) is 4.79 Å². The maximum absolute atomic E-state index is 11.3. The van der Waals surface area contributed by atoms with Crippen LogP contribution in [0.2, 0.25) is 0 Å². The van der Waals surface area contributed by atoms with Gasteiger partial charge in [-0.15, -0.1) is 0 Å². The van der Waals surface area contributed by atoms with Gasteiger partial charge < -0.3 is 14.2 Å². The van der Waals surface area contributed by atoms with E-state index in [1.54, 1.807) is 13.2 Å². The summed E-state index contributed by atoms with van der Waals surface area (Å²) in [5.41, 5.74) is 0. The third-order valence-corrected chi connectivity index (χ3v) is 2.85. The Morgan fingerprint density at radius 2 is 1.85 bits per heavy atom. The summed E-state index contributed by atoms with van der Waals surface area (Å²) in [6, 6.07) is 9.39. The minimum Gasteiger partial charge on any atom is -0.493 e. The van der Waals surface area contributed by atoms with Crippen molar-refractivity contribution in [3.8, 4) is 17.2 Å². The fraction of sp³-hybridized carbons (Fsp3) is 0.312. The molecule has 0 atom stereocenters. The minimum absolute atomic E-state index is 0.379. The van der Waals surface area contributed by atoms with Crippen LogP contribution in [0.3, 0.4) is 0 Å². The van der Waals surface area contributed by atoms with Crippen molar-refractivity contribution < 1.29 is 19.0 Å². The Kier molecular flexibility index (Phi) is 4.45. The van der Waals surface area contributed by atoms with Gasteiger partial charge >= 0.3 is 5.97 Å². The zero-order valence-electron chi connectivity index (χ0n) is 11.9. The molecular weight excluding hydrogens is 256 g/mol. The van der Waals surface area contributed by atoms with Gasteiger partial charge in [0, 0.05) is 23.8 Å². The monoisotopic (exact) mass is 274 g/mol. The van der Waals surface area contributed by atoms with E-state index in [1.807, 2.05) is 31.2 Å². The predicted octanol–water partition coefficient (Wildman–Crippen LogP) is 3.56. The lowest BCUT2D eigenvalue weighted by Gasteiger charge is -2.15. The number of methoxy groups -OCH3 is 1. The number of benzene rings is 2. The molecule has 106 valence electrons. The summed E-state index contributed by atoms with van der Waals surface area (Å²) in [5, 5.41) is 1.70. The van der Waals surface area contributed by atoms with Crippen molar-refractivity contribution in [1.29, 1.82) is 0 Å². The van der Waals surface area contributed by atoms with Crippen molar-refractivity contribution in [2.45, 2.75) is 20.3 Å². The van der Waals surface area contributed by atoms with Gasteiger partial charge in [0.2, 0.25) is 0 Å². The first kappa shape index (κ1) is 14.2. The number of rotatable bonds is 5. The Labute approximate surface area is 118 Å². The third kappa shape index (κ3) is 2.85. The van der Waals surface area contributed by atoms with Gasteiger partial charge in [0.15, 0.2) is 11.5 Å². The van der Waals surface area contributed by atoms with Crippen LogP contribution in [0.15, 0.2) is 30.3 Å². The molecule has 0 spiro atoms. The second-order valence-corrected chi connectivity index (χ2v) is 4.39. The Bertz CT molecular complexity index is 619. The van der Waals surface area contributed by atoms with Gasteiger partial charge in [-0.2, -0.15) is 0 Å². The van der Waals surface area contributed by atoms with E-state index in [1.165, 1.54) is 6.92 Å². The minimum atomic E-state index is -0.379. The highest BCUT2D eigenvalue weighted by molar-refractivity contribution is 5.97. The van der Waals surface area contributed by atoms with Crippen LogP contribution >= 0.6 is 0 Å². The Morgan fingerprint density at radius 1 is 1.15 bits per heavy atom. The maximum Gasteiger partial charge on any atom is 0.308 e. The Balaban J connectivity index is 2.63. The number of hydrogen-bond donors (Lipinski definition) is 0. The number of esters is 1. The van der Waals surface area contributed by atoms with E-state index < -0.39 is 0 Å². The highest BCUT2D eigenvalue weighted by atomic mass is 16.6. The van der Waals surface area contributed by atoms with Crippen LogP contribution in [0, 0.1) is 0 Å². The number of hydrogen-bond acceptors (Lipinski definition) is 4. The molecule has 0 heterocycles. The van der Waals surface area contributed by atoms with Crippen LogP contribution in [-0.4, -0.2) is 19.7 Å². The predicted molar refractivity (Wildman–Crippen MR) is 77.6 cm³/mol. The van der Waals surface area contributed by atoms with Crippen molar-refractivity contribution in [2.75, 3.05) is 13.7 Å². The molecule has 4 heteroatoms. The van der Waals surface area contributed by atoms with E-state index in [0.29, 0.717) is 18.1 Å². The average molecular weight is 274 g/mol. The topological polar surface area (TPSA) is 44.8 Å². The van der Waals surface area contributed by atoms with Gasteiger partial charge in [-0.05, 0) is 6.42 Å². The molecule has 4 nitrogen and oxygen atoms in total. The second-order valence-electron chi connectivity index (χ2n) is 4.39. The van der Waals surface area contributed by atoms with Crippen LogP contribution in [0.1, 0.15) is 20.3 Å². The molecule has 0 aliphatic rings. The van der Waals surface area contributed by atoms with Crippen LogP contribution in [0.5, 0.6) is 17.2 Å². The molecule has 2 rings (SSSR count). The summed E-state index contributed by atoms with van der Waals surface area (Å²) in [6.07, 6.45) is 0.919. The lowest BCUT2D eigenvalue weighted by Crippen LogP contribution is -2.05. The molecule has 20 heavy (non-hydrogen) atoms. The highest BCUT2D eigenvalue weighted by Gasteiger charge is 2.16. The summed E-state index contributed by atoms with van der Waals surface area (Å²) in [4.78, 5) is 11.3. The van der Waals surface area contributed by atoms with Crippen molar-refractivity contribution in [2.24, 2.45) is 0 Å². The standard InChI is InChI=1S/C16H18O4/c1-4-9-19-14-10-15(18-3)16(20-11(2)17)13-8-6-5-7-12(13)14/h5-8,10H,4,9H2,1-3H3. The lowest BCUT2D eigenvalue weighted by molar-refractivity contribution is -0.131. The molecule has 0 aliphatic heterocycles. The Morgan fingerprint density at radius 3 is 2.45 bits per heavy atom. The molecule has 0 aliphatic carbocycles. The fourth-order valence-corrected chi connectivity index (χ4v) is 2.02. The third-order valence-electron chi connectivity index (χ3n) is 2.85. The molecule has 2 aromatic rings. The van der Waals surface area contributed by atoms with E-state index in [0.717, 1.165) is 22.9 Å². The molecule has 0 bridgehead atoms. The molecule has 0 saturated carbocycles. The zero-order valence-corrected chi connectivity index (χ0v) is 11.9. The fourth-order valence-electron chi connectivity index (χ4n) is 2.02. The summed E-state index contributed by atoms with van der Waals surface area (Å²) in [5.74, 6) is 1.27. The van der Waals surface area contributed by atoms with Crippen LogP contribution in [-0.2, 0) is 4.79 Å². The van der Waals surface area contributed by atoms with E-state index in [4.69, 9.17) is 14.2 Å². The Hall–Kier alpha value is -2.23. The molecule has 0 aromatic heterocycles. The lowest BCUT2D eigenvalue weighted by atomic mass is 10.1. The van der Waals surface area contributed by atoms with Gasteiger partial charge in [-0.25, -0.2) is 0 Å². The average Bonchev–Trinajstić information content (AvgIpc) is 2.46. The largest absolute Gasteiger partial charge is 0.493 e. The van der Waals surface area contributed by atoms with E-state index >= 15 is 0 Å². The van der Waals surface area contributed by atoms with Gasteiger partial charge in [0.05, 0.1) is 13.7 Å². The first-order valence-corrected chi connectivity index (χ1v) is 6.58. The van der Waals surface area contributed by atoms with Gasteiger partial charge in [0.25, 0.3) is 0 Å². The summed E-state index contributed by atoms with van der Waals surface area (Å²) in [6.45, 7) is 4.04. The molecule has 0 fully saturated rings. The number of carbonyl (C=O) groups is 1. The summed E-state index contributed by atoms with van der Waals surface area (Å²) < 4.78 is 16.4. The second kappa shape index (κ2) is 6.28. The smallest absolute Gasteiger partial charge is 0.308 e. The summed E-state index contributed by atoms with van der Waals surface area (Å²) >= 11 is 0. The van der Waals surface area contributed by atoms with Gasteiger partial charge in [0.1, 0.15) is 5.75 Å². The van der Waals surface area contributed by atoms with Crippen molar-refractivity contribution in [3.63, 3.8) is 0 Å². The van der Waals surface area contributed by atoms with Gasteiger partial charge in [-0.1, -0.05) is 31.2 Å². The quantitative estimate of drug-likeness (QED) is 0.617. The molecule has 0 amide bonds. The molecule has 0 unspecified atom stereocenters. The first-order valence-electron chi connectivity index (χ1n) is 6.58. The van der Waals surface area contributed by atoms with Crippen molar-refractivity contribution in [1.82, 2.24) is 0 Å². The molecule has 0 saturated heterocycles. The number of ether oxygens (including phenoxy) is 3. The van der Waals surface area contributed by atoms with Crippen molar-refractivity contribution in [3.05, 3.63) is 30.3 Å². The number of fused-ring (bicyclic) bond motifs is 1. The van der Waals surface area contributed by atoms with Crippen LogP contribution in [0.4, 0.5) is 0 Å². The SMILES string of the molecule is CCCOc1cc(OC)c(OC(C)=O)c2ccccc12. The van der Waals surface area contributed by atoms with E-state index in [9.17, 15) is 4.79 Å². The zero-order chi connectivity index (χ0) is 14.5. The van der Waals surface area contributed by atoms with E-state index in [2.05, 4.69) is 0 Å². The van der Waals surface area contributed by atoms with Crippen molar-refractivity contribution >= 4 is 16.7 Å². The number of carbonyl (C=O) groups excluding carboxylic acids is 1. The molecule has 0 N–H and O–H groups in total. The van der Waals surface area contributed by atoms with Crippen LogP contribution < -0.4 is 14.2 Å². The first-order chi connectivity index (χ1) is 9.67. The highest BCUT2D eigenvalue weighted by Crippen LogP contribution is 2.41. The molecular formula is C16H18O4. The molecule has 0 radical (unpaired) electrons.